The van der Waals surface area contributed by atoms with Crippen molar-refractivity contribution in [3.05, 3.63) is 77.2 Å². The first-order valence-electron chi connectivity index (χ1n) is 12.0. The van der Waals surface area contributed by atoms with Crippen molar-refractivity contribution in [3.8, 4) is 22.8 Å². The average molecular weight is 531 g/mol. The van der Waals surface area contributed by atoms with Gasteiger partial charge in [-0.2, -0.15) is 9.61 Å². The Morgan fingerprint density at radius 1 is 1.05 bits per heavy atom. The monoisotopic (exact) mass is 530 g/mol. The van der Waals surface area contributed by atoms with E-state index >= 15 is 0 Å². The van der Waals surface area contributed by atoms with E-state index in [-0.39, 0.29) is 12.5 Å². The molecule has 0 aliphatic carbocycles. The van der Waals surface area contributed by atoms with Gasteiger partial charge in [-0.1, -0.05) is 17.7 Å². The van der Waals surface area contributed by atoms with Crippen LogP contribution in [0.3, 0.4) is 0 Å². The molecule has 0 spiro atoms. The number of rotatable bonds is 6. The molecule has 0 atom stereocenters. The Balaban J connectivity index is 1.25. The molecule has 6 rings (SSSR count). The third-order valence-corrected chi connectivity index (χ3v) is 6.70. The molecule has 0 saturated carbocycles. The number of carbonyl (C=O) groups is 1. The number of hydrogen-bond acceptors (Lipinski definition) is 8. The van der Waals surface area contributed by atoms with Crippen LogP contribution in [0.1, 0.15) is 16.2 Å². The molecular weight excluding hydrogens is 508 g/mol. The molecule has 10 nitrogen and oxygen atoms in total. The number of aromatic nitrogens is 5. The third kappa shape index (κ3) is 4.59. The standard InChI is InChI=1S/C27H23ClN6O4/c1-36-18-3-5-20-23(15-18)29-9-8-24(20)38-16-26-31-30-25-7-6-22(32-34(25)26)17-2-4-19(21(28)14-17)27(35)33-10-12-37-13-11-33/h2-9,14-15H,10-13,16H2,1H3. The Hall–Kier alpha value is -4.28. The first kappa shape index (κ1) is 24.1. The minimum Gasteiger partial charge on any atom is -0.497 e. The summed E-state index contributed by atoms with van der Waals surface area (Å²) in [4.78, 5) is 19.0. The van der Waals surface area contributed by atoms with Crippen LogP contribution in [-0.2, 0) is 11.3 Å². The van der Waals surface area contributed by atoms with Crippen molar-refractivity contribution >= 4 is 34.1 Å². The molecule has 3 aromatic heterocycles. The van der Waals surface area contributed by atoms with Gasteiger partial charge in [0.25, 0.3) is 5.91 Å². The summed E-state index contributed by atoms with van der Waals surface area (Å²) >= 11 is 6.54. The number of methoxy groups -OCH3 is 1. The fourth-order valence-electron chi connectivity index (χ4n) is 4.36. The summed E-state index contributed by atoms with van der Waals surface area (Å²) < 4.78 is 18.4. The largest absolute Gasteiger partial charge is 0.497 e. The number of carbonyl (C=O) groups excluding carboxylic acids is 1. The lowest BCUT2D eigenvalue weighted by molar-refractivity contribution is 0.0303. The number of pyridine rings is 1. The molecular formula is C27H23ClN6O4. The van der Waals surface area contributed by atoms with Crippen molar-refractivity contribution in [2.75, 3.05) is 33.4 Å². The van der Waals surface area contributed by atoms with Crippen LogP contribution in [0.5, 0.6) is 11.5 Å². The molecule has 1 fully saturated rings. The van der Waals surface area contributed by atoms with Crippen molar-refractivity contribution in [1.29, 1.82) is 0 Å². The SMILES string of the molecule is COc1ccc2c(OCc3nnc4ccc(-c5ccc(C(=O)N6CCOCC6)c(Cl)c5)nn34)ccnc2c1. The van der Waals surface area contributed by atoms with Crippen LogP contribution in [0.2, 0.25) is 5.02 Å². The minimum atomic E-state index is -0.103. The van der Waals surface area contributed by atoms with Crippen molar-refractivity contribution in [2.45, 2.75) is 6.61 Å². The molecule has 38 heavy (non-hydrogen) atoms. The number of hydrogen-bond donors (Lipinski definition) is 0. The van der Waals surface area contributed by atoms with Crippen molar-refractivity contribution < 1.29 is 19.0 Å². The van der Waals surface area contributed by atoms with E-state index in [1.807, 2.05) is 36.4 Å². The molecule has 4 heterocycles. The van der Waals surface area contributed by atoms with Gasteiger partial charge in [-0.05, 0) is 42.5 Å². The summed E-state index contributed by atoms with van der Waals surface area (Å²) in [5, 5.41) is 14.4. The summed E-state index contributed by atoms with van der Waals surface area (Å²) in [6, 6.07) is 16.4. The van der Waals surface area contributed by atoms with Gasteiger partial charge in [-0.25, -0.2) is 0 Å². The van der Waals surface area contributed by atoms with Crippen LogP contribution in [0.15, 0.2) is 60.8 Å². The van der Waals surface area contributed by atoms with Crippen molar-refractivity contribution in [1.82, 2.24) is 29.7 Å². The van der Waals surface area contributed by atoms with Crippen molar-refractivity contribution in [2.24, 2.45) is 0 Å². The molecule has 1 amide bonds. The number of benzene rings is 2. The Labute approximate surface area is 222 Å². The average Bonchev–Trinajstić information content (AvgIpc) is 3.38. The van der Waals surface area contributed by atoms with E-state index in [9.17, 15) is 4.79 Å². The number of fused-ring (bicyclic) bond motifs is 2. The van der Waals surface area contributed by atoms with E-state index in [0.29, 0.717) is 59.8 Å². The zero-order valence-electron chi connectivity index (χ0n) is 20.5. The zero-order chi connectivity index (χ0) is 26.1. The third-order valence-electron chi connectivity index (χ3n) is 6.39. The number of halogens is 1. The zero-order valence-corrected chi connectivity index (χ0v) is 21.3. The molecule has 1 aliphatic heterocycles. The lowest BCUT2D eigenvalue weighted by atomic mass is 10.1. The maximum Gasteiger partial charge on any atom is 0.255 e. The van der Waals surface area contributed by atoms with Gasteiger partial charge in [0.15, 0.2) is 11.5 Å². The Morgan fingerprint density at radius 2 is 1.92 bits per heavy atom. The van der Waals surface area contributed by atoms with E-state index < -0.39 is 0 Å². The van der Waals surface area contributed by atoms with E-state index in [1.54, 1.807) is 40.9 Å². The molecule has 1 saturated heterocycles. The Bertz CT molecular complexity index is 1650. The number of nitrogens with zero attached hydrogens (tertiary/aromatic N) is 6. The molecule has 11 heteroatoms. The molecule has 1 aliphatic rings. The van der Waals surface area contributed by atoms with E-state index in [2.05, 4.69) is 15.2 Å². The second kappa shape index (κ2) is 10.2. The second-order valence-electron chi connectivity index (χ2n) is 8.68. The van der Waals surface area contributed by atoms with Crippen LogP contribution in [0.25, 0.3) is 27.8 Å². The number of ether oxygens (including phenoxy) is 3. The number of amides is 1. The highest BCUT2D eigenvalue weighted by Gasteiger charge is 2.21. The van der Waals surface area contributed by atoms with Gasteiger partial charge < -0.3 is 19.1 Å². The van der Waals surface area contributed by atoms with Crippen LogP contribution < -0.4 is 9.47 Å². The van der Waals surface area contributed by atoms with Gasteiger partial charge in [0.1, 0.15) is 18.1 Å². The van der Waals surface area contributed by atoms with E-state index in [4.69, 9.17) is 30.9 Å². The Morgan fingerprint density at radius 3 is 2.74 bits per heavy atom. The normalized spacial score (nSPS) is 13.7. The Kier molecular flexibility index (Phi) is 6.48. The summed E-state index contributed by atoms with van der Waals surface area (Å²) in [5.41, 5.74) is 3.24. The van der Waals surface area contributed by atoms with E-state index in [1.165, 1.54) is 0 Å². The fourth-order valence-corrected chi connectivity index (χ4v) is 4.62. The molecule has 2 aromatic carbocycles. The predicted molar refractivity (Wildman–Crippen MR) is 141 cm³/mol. The lowest BCUT2D eigenvalue weighted by Gasteiger charge is -2.27. The highest BCUT2D eigenvalue weighted by atomic mass is 35.5. The van der Waals surface area contributed by atoms with Crippen LogP contribution in [-0.4, -0.2) is 69.0 Å². The maximum absolute atomic E-state index is 12.9. The lowest BCUT2D eigenvalue weighted by Crippen LogP contribution is -2.40. The molecule has 0 radical (unpaired) electrons. The molecule has 0 bridgehead atoms. The highest BCUT2D eigenvalue weighted by Crippen LogP contribution is 2.28. The van der Waals surface area contributed by atoms with Crippen molar-refractivity contribution in [3.63, 3.8) is 0 Å². The topological polar surface area (TPSA) is 104 Å². The summed E-state index contributed by atoms with van der Waals surface area (Å²) in [7, 11) is 1.62. The van der Waals surface area contributed by atoms with Crippen LogP contribution in [0.4, 0.5) is 0 Å². The summed E-state index contributed by atoms with van der Waals surface area (Å²) in [6.07, 6.45) is 1.69. The summed E-state index contributed by atoms with van der Waals surface area (Å²) in [5.74, 6) is 1.82. The fraction of sp³-hybridized carbons (Fsp3) is 0.222. The van der Waals surface area contributed by atoms with Crippen LogP contribution in [0, 0.1) is 0 Å². The smallest absolute Gasteiger partial charge is 0.255 e. The van der Waals surface area contributed by atoms with Gasteiger partial charge in [-0.3, -0.25) is 9.78 Å². The molecule has 0 unspecified atom stereocenters. The first-order valence-corrected chi connectivity index (χ1v) is 12.4. The number of morpholine rings is 1. The van der Waals surface area contributed by atoms with Gasteiger partial charge in [0.2, 0.25) is 0 Å². The minimum absolute atomic E-state index is 0.103. The first-order chi connectivity index (χ1) is 18.6. The molecule has 0 N–H and O–H groups in total. The van der Waals surface area contributed by atoms with Gasteiger partial charge in [-0.15, -0.1) is 10.2 Å². The van der Waals surface area contributed by atoms with Gasteiger partial charge in [0.05, 0.1) is 42.1 Å². The second-order valence-corrected chi connectivity index (χ2v) is 9.09. The van der Waals surface area contributed by atoms with Gasteiger partial charge in [0, 0.05) is 36.3 Å². The predicted octanol–water partition coefficient (Wildman–Crippen LogP) is 4.05. The quantitative estimate of drug-likeness (QED) is 0.324. The maximum atomic E-state index is 12.9. The van der Waals surface area contributed by atoms with Crippen LogP contribution >= 0.6 is 11.6 Å². The van der Waals surface area contributed by atoms with E-state index in [0.717, 1.165) is 22.2 Å². The highest BCUT2D eigenvalue weighted by molar-refractivity contribution is 6.34. The summed E-state index contributed by atoms with van der Waals surface area (Å²) in [6.45, 7) is 2.32. The molecule has 5 aromatic rings. The molecule has 192 valence electrons. The van der Waals surface area contributed by atoms with Gasteiger partial charge >= 0.3 is 0 Å².